The van der Waals surface area contributed by atoms with Crippen LogP contribution >= 0.6 is 0 Å². The van der Waals surface area contributed by atoms with Crippen LogP contribution < -0.4 is 23.8 Å². The van der Waals surface area contributed by atoms with E-state index in [0.29, 0.717) is 24.4 Å². The zero-order valence-electron chi connectivity index (χ0n) is 21.9. The fraction of sp³-hybridized carbons (Fsp3) is 0.321. The summed E-state index contributed by atoms with van der Waals surface area (Å²) in [6.45, 7) is 3.83. The third-order valence-corrected chi connectivity index (χ3v) is 7.62. The van der Waals surface area contributed by atoms with E-state index in [9.17, 15) is 13.2 Å². The predicted molar refractivity (Wildman–Crippen MR) is 144 cm³/mol. The Hall–Kier alpha value is -3.72. The van der Waals surface area contributed by atoms with Crippen LogP contribution in [0.5, 0.6) is 17.2 Å². The number of nitrogens with one attached hydrogen (secondary N) is 1. The molecule has 3 aromatic carbocycles. The fourth-order valence-electron chi connectivity index (χ4n) is 4.01. The van der Waals surface area contributed by atoms with Crippen LogP contribution in [0.2, 0.25) is 0 Å². The van der Waals surface area contributed by atoms with Crippen LogP contribution in [-0.2, 0) is 21.2 Å². The highest BCUT2D eigenvalue weighted by Crippen LogP contribution is 2.32. The molecule has 9 heteroatoms. The predicted octanol–water partition coefficient (Wildman–Crippen LogP) is 4.27. The van der Waals surface area contributed by atoms with Gasteiger partial charge < -0.3 is 19.5 Å². The number of sulfonamides is 1. The molecule has 0 bridgehead atoms. The minimum atomic E-state index is -4.10. The average molecular weight is 527 g/mol. The van der Waals surface area contributed by atoms with Crippen LogP contribution in [0.3, 0.4) is 0 Å². The van der Waals surface area contributed by atoms with E-state index >= 15 is 0 Å². The van der Waals surface area contributed by atoms with Crippen molar-refractivity contribution in [2.45, 2.75) is 31.6 Å². The van der Waals surface area contributed by atoms with E-state index in [2.05, 4.69) is 5.32 Å². The molecular weight excluding hydrogens is 492 g/mol. The van der Waals surface area contributed by atoms with Gasteiger partial charge in [0.1, 0.15) is 12.3 Å². The molecule has 198 valence electrons. The molecule has 0 spiro atoms. The fourth-order valence-corrected chi connectivity index (χ4v) is 5.43. The Morgan fingerprint density at radius 3 is 2.08 bits per heavy atom. The number of methoxy groups -OCH3 is 3. The van der Waals surface area contributed by atoms with E-state index in [-0.39, 0.29) is 17.2 Å². The van der Waals surface area contributed by atoms with Gasteiger partial charge in [-0.3, -0.25) is 9.10 Å². The van der Waals surface area contributed by atoms with Gasteiger partial charge >= 0.3 is 0 Å². The van der Waals surface area contributed by atoms with Crippen molar-refractivity contribution in [2.24, 2.45) is 0 Å². The number of carbonyl (C=O) groups is 1. The molecule has 0 heterocycles. The third-order valence-electron chi connectivity index (χ3n) is 5.85. The monoisotopic (exact) mass is 526 g/mol. The molecule has 1 N–H and O–H groups in total. The molecule has 1 amide bonds. The van der Waals surface area contributed by atoms with Crippen molar-refractivity contribution in [3.63, 3.8) is 0 Å². The first-order valence-electron chi connectivity index (χ1n) is 11.9. The zero-order valence-corrected chi connectivity index (χ0v) is 22.7. The summed E-state index contributed by atoms with van der Waals surface area (Å²) in [4.78, 5) is 12.9. The van der Waals surface area contributed by atoms with Gasteiger partial charge in [0.05, 0.1) is 31.9 Å². The number of amides is 1. The van der Waals surface area contributed by atoms with Gasteiger partial charge in [0, 0.05) is 12.6 Å². The van der Waals surface area contributed by atoms with Crippen LogP contribution in [0.25, 0.3) is 0 Å². The highest BCUT2D eigenvalue weighted by atomic mass is 32.2. The van der Waals surface area contributed by atoms with Crippen LogP contribution in [0, 0.1) is 13.8 Å². The summed E-state index contributed by atoms with van der Waals surface area (Å²) in [6, 6.07) is 17.6. The van der Waals surface area contributed by atoms with E-state index in [1.54, 1.807) is 19.2 Å². The lowest BCUT2D eigenvalue weighted by atomic mass is 10.1. The number of hydrogen-bond donors (Lipinski definition) is 1. The second-order valence-corrected chi connectivity index (χ2v) is 10.5. The van der Waals surface area contributed by atoms with E-state index < -0.39 is 15.9 Å². The van der Waals surface area contributed by atoms with Crippen LogP contribution in [0.15, 0.2) is 65.6 Å². The molecule has 3 rings (SSSR count). The summed E-state index contributed by atoms with van der Waals surface area (Å²) in [5.74, 6) is 1.10. The van der Waals surface area contributed by atoms with E-state index in [1.165, 1.54) is 32.4 Å². The minimum Gasteiger partial charge on any atom is -0.497 e. The van der Waals surface area contributed by atoms with Crippen molar-refractivity contribution in [1.29, 1.82) is 0 Å². The highest BCUT2D eigenvalue weighted by Gasteiger charge is 2.28. The standard InChI is InChI=1S/C28H34N2O6S/c1-20-15-21(2)17-23(16-20)30(37(32,33)25-12-13-26(35-4)27(18-25)36-5)19-28(31)29-14-6-7-22-8-10-24(34-3)11-9-22/h8-13,15-18H,6-7,14,19H2,1-5H3,(H,29,31). The van der Waals surface area contributed by atoms with Crippen molar-refractivity contribution >= 4 is 21.6 Å². The SMILES string of the molecule is COc1ccc(CCCNC(=O)CN(c2cc(C)cc(C)c2)S(=O)(=O)c2ccc(OC)c(OC)c2)cc1. The van der Waals surface area contributed by atoms with E-state index in [1.807, 2.05) is 44.2 Å². The number of nitrogens with zero attached hydrogens (tertiary/aromatic N) is 1. The van der Waals surface area contributed by atoms with Gasteiger partial charge in [-0.1, -0.05) is 18.2 Å². The molecule has 8 nitrogen and oxygen atoms in total. The number of aryl methyl sites for hydroxylation is 3. The summed E-state index contributed by atoms with van der Waals surface area (Å²) in [7, 11) is 0.446. The van der Waals surface area contributed by atoms with Crippen LogP contribution in [0.1, 0.15) is 23.1 Å². The first-order chi connectivity index (χ1) is 17.7. The molecular formula is C28H34N2O6S. The van der Waals surface area contributed by atoms with Gasteiger partial charge in [-0.15, -0.1) is 0 Å². The Bertz CT molecular complexity index is 1300. The number of hydrogen-bond acceptors (Lipinski definition) is 6. The lowest BCUT2D eigenvalue weighted by Crippen LogP contribution is -2.41. The zero-order chi connectivity index (χ0) is 27.0. The minimum absolute atomic E-state index is 0.00313. The van der Waals surface area contributed by atoms with Gasteiger partial charge in [-0.2, -0.15) is 0 Å². The second-order valence-electron chi connectivity index (χ2n) is 8.68. The highest BCUT2D eigenvalue weighted by molar-refractivity contribution is 7.92. The Kier molecular flexibility index (Phi) is 9.41. The Balaban J connectivity index is 1.78. The molecule has 0 aliphatic rings. The third kappa shape index (κ3) is 7.16. The summed E-state index contributed by atoms with van der Waals surface area (Å²) in [6.07, 6.45) is 1.49. The van der Waals surface area contributed by atoms with Crippen LogP contribution in [0.4, 0.5) is 5.69 Å². The second kappa shape index (κ2) is 12.5. The summed E-state index contributed by atoms with van der Waals surface area (Å²) in [5, 5.41) is 2.85. The number of ether oxygens (including phenoxy) is 3. The molecule has 0 radical (unpaired) electrons. The number of anilines is 1. The summed E-state index contributed by atoms with van der Waals surface area (Å²) in [5.41, 5.74) is 3.33. The Labute approximate surface area is 219 Å². The van der Waals surface area contributed by atoms with Gasteiger partial charge in [-0.05, 0) is 79.8 Å². The van der Waals surface area contributed by atoms with Gasteiger partial charge in [-0.25, -0.2) is 8.42 Å². The molecule has 0 saturated heterocycles. The average Bonchev–Trinajstić information content (AvgIpc) is 2.88. The topological polar surface area (TPSA) is 94.2 Å². The molecule has 37 heavy (non-hydrogen) atoms. The summed E-state index contributed by atoms with van der Waals surface area (Å²) < 4.78 is 44.4. The van der Waals surface area contributed by atoms with E-state index in [0.717, 1.165) is 33.2 Å². The maximum Gasteiger partial charge on any atom is 0.264 e. The first kappa shape index (κ1) is 27.9. The molecule has 0 aromatic heterocycles. The number of benzene rings is 3. The van der Waals surface area contributed by atoms with Crippen molar-refractivity contribution < 1.29 is 27.4 Å². The Morgan fingerprint density at radius 1 is 0.838 bits per heavy atom. The molecule has 0 saturated carbocycles. The maximum atomic E-state index is 13.8. The van der Waals surface area contributed by atoms with Crippen molar-refractivity contribution in [3.05, 3.63) is 77.4 Å². The lowest BCUT2D eigenvalue weighted by molar-refractivity contribution is -0.119. The van der Waals surface area contributed by atoms with Crippen molar-refractivity contribution in [1.82, 2.24) is 5.32 Å². The van der Waals surface area contributed by atoms with Crippen molar-refractivity contribution in [2.75, 3.05) is 38.7 Å². The van der Waals surface area contributed by atoms with Crippen molar-refractivity contribution in [3.8, 4) is 17.2 Å². The van der Waals surface area contributed by atoms with Gasteiger partial charge in [0.15, 0.2) is 11.5 Å². The van der Waals surface area contributed by atoms with Gasteiger partial charge in [0.25, 0.3) is 10.0 Å². The normalized spacial score (nSPS) is 11.1. The molecule has 0 aliphatic heterocycles. The Morgan fingerprint density at radius 2 is 1.49 bits per heavy atom. The quantitative estimate of drug-likeness (QED) is 0.354. The van der Waals surface area contributed by atoms with E-state index in [4.69, 9.17) is 14.2 Å². The van der Waals surface area contributed by atoms with Gasteiger partial charge in [0.2, 0.25) is 5.91 Å². The first-order valence-corrected chi connectivity index (χ1v) is 13.3. The lowest BCUT2D eigenvalue weighted by Gasteiger charge is -2.25. The maximum absolute atomic E-state index is 13.8. The molecule has 0 unspecified atom stereocenters. The van der Waals surface area contributed by atoms with Crippen LogP contribution in [-0.4, -0.2) is 48.7 Å². The number of rotatable bonds is 12. The molecule has 3 aromatic rings. The molecule has 0 aliphatic carbocycles. The molecule has 0 atom stereocenters. The smallest absolute Gasteiger partial charge is 0.264 e. The number of carbonyl (C=O) groups excluding carboxylic acids is 1. The molecule has 0 fully saturated rings. The largest absolute Gasteiger partial charge is 0.497 e. The summed E-state index contributed by atoms with van der Waals surface area (Å²) >= 11 is 0.